The van der Waals surface area contributed by atoms with Gasteiger partial charge in [0.05, 0.1) is 6.04 Å². The number of benzene rings is 2. The molecule has 4 heterocycles. The highest BCUT2D eigenvalue weighted by Gasteiger charge is 2.29. The van der Waals surface area contributed by atoms with E-state index in [4.69, 9.17) is 9.97 Å². The molecule has 2 aromatic carbocycles. The van der Waals surface area contributed by atoms with Crippen molar-refractivity contribution in [1.29, 1.82) is 0 Å². The Kier molecular flexibility index (Phi) is 5.73. The number of hydrogen-bond acceptors (Lipinski definition) is 6. The minimum Gasteiger partial charge on any atom is -0.305 e. The average Bonchev–Trinajstić information content (AvgIpc) is 3.72. The second-order valence-corrected chi connectivity index (χ2v) is 10.1. The first kappa shape index (κ1) is 23.4. The number of aromatic nitrogens is 8. The predicted octanol–water partition coefficient (Wildman–Crippen LogP) is 5.67. The third-order valence-electron chi connectivity index (χ3n) is 7.69. The maximum absolute atomic E-state index is 5.16. The molecular weight excluding hydrogens is 484 g/mol. The van der Waals surface area contributed by atoms with Gasteiger partial charge in [0.2, 0.25) is 5.82 Å². The molecule has 39 heavy (non-hydrogen) atoms. The van der Waals surface area contributed by atoms with Crippen LogP contribution in [0.4, 0.5) is 0 Å². The maximum atomic E-state index is 5.16. The summed E-state index contributed by atoms with van der Waals surface area (Å²) in [6.45, 7) is 4.31. The van der Waals surface area contributed by atoms with Crippen LogP contribution in [0.1, 0.15) is 53.3 Å². The summed E-state index contributed by atoms with van der Waals surface area (Å²) in [6.07, 6.45) is 5.43. The lowest BCUT2D eigenvalue weighted by Crippen LogP contribution is -2.12. The summed E-state index contributed by atoms with van der Waals surface area (Å²) in [5.74, 6) is 1.68. The van der Waals surface area contributed by atoms with Crippen molar-refractivity contribution < 1.29 is 0 Å². The minimum atomic E-state index is 0.207. The van der Waals surface area contributed by atoms with Crippen LogP contribution in [0.5, 0.6) is 0 Å². The third-order valence-corrected chi connectivity index (χ3v) is 7.69. The van der Waals surface area contributed by atoms with Crippen LogP contribution in [-0.4, -0.2) is 40.1 Å². The molecule has 6 aromatic rings. The van der Waals surface area contributed by atoms with Gasteiger partial charge in [0.25, 0.3) is 0 Å². The van der Waals surface area contributed by atoms with Gasteiger partial charge in [-0.1, -0.05) is 55.5 Å². The van der Waals surface area contributed by atoms with Crippen LogP contribution in [0, 0.1) is 6.92 Å². The van der Waals surface area contributed by atoms with Crippen LogP contribution < -0.4 is 0 Å². The Morgan fingerprint density at radius 3 is 2.62 bits per heavy atom. The van der Waals surface area contributed by atoms with Crippen LogP contribution in [-0.2, 0) is 19.3 Å². The number of H-pyrrole nitrogens is 1. The van der Waals surface area contributed by atoms with E-state index in [0.29, 0.717) is 12.2 Å². The zero-order valence-electron chi connectivity index (χ0n) is 22.0. The molecule has 0 unspecified atom stereocenters. The molecule has 8 nitrogen and oxygen atoms in total. The lowest BCUT2D eigenvalue weighted by atomic mass is 9.96. The molecule has 0 saturated heterocycles. The molecule has 1 aliphatic rings. The van der Waals surface area contributed by atoms with E-state index in [-0.39, 0.29) is 6.04 Å². The Hall–Kier alpha value is -4.72. The molecule has 4 aromatic heterocycles. The number of imidazole rings is 1. The van der Waals surface area contributed by atoms with Crippen LogP contribution in [0.15, 0.2) is 72.9 Å². The number of aryl methyl sites for hydroxylation is 3. The summed E-state index contributed by atoms with van der Waals surface area (Å²) in [7, 11) is 0. The molecule has 192 valence electrons. The van der Waals surface area contributed by atoms with Crippen molar-refractivity contribution in [2.45, 2.75) is 45.6 Å². The lowest BCUT2D eigenvalue weighted by molar-refractivity contribution is 0.566. The smallest absolute Gasteiger partial charge is 0.205 e. The normalized spacial score (nSPS) is 14.7. The maximum Gasteiger partial charge on any atom is 0.205 e. The number of hydrogen-bond donors (Lipinski definition) is 1. The summed E-state index contributed by atoms with van der Waals surface area (Å²) < 4.78 is 2.39. The summed E-state index contributed by atoms with van der Waals surface area (Å²) in [5.41, 5.74) is 11.1. The van der Waals surface area contributed by atoms with Crippen molar-refractivity contribution in [3.8, 4) is 22.5 Å². The van der Waals surface area contributed by atoms with Crippen molar-refractivity contribution in [2.24, 2.45) is 0 Å². The van der Waals surface area contributed by atoms with E-state index in [1.165, 1.54) is 11.1 Å². The van der Waals surface area contributed by atoms with Gasteiger partial charge in [-0.3, -0.25) is 4.98 Å². The Bertz CT molecular complexity index is 1790. The van der Waals surface area contributed by atoms with Gasteiger partial charge in [0.15, 0.2) is 5.65 Å². The van der Waals surface area contributed by atoms with E-state index in [1.54, 1.807) is 0 Å². The molecule has 1 aliphatic carbocycles. The molecule has 0 bridgehead atoms. The Morgan fingerprint density at radius 1 is 0.949 bits per heavy atom. The topological polar surface area (TPSA) is 98.1 Å². The van der Waals surface area contributed by atoms with E-state index in [2.05, 4.69) is 86.5 Å². The van der Waals surface area contributed by atoms with Crippen LogP contribution >= 0.6 is 0 Å². The second kappa shape index (κ2) is 9.54. The SMILES string of the molecule is CCc1nc2c(C)cc(Cc3ccccn3)nc2n1[C@H]1CCc2cc(-c3ccccc3-c3nn[nH]n3)ccc21. The third kappa shape index (κ3) is 4.09. The molecule has 0 saturated carbocycles. The summed E-state index contributed by atoms with van der Waals surface area (Å²) in [6, 6.07) is 23.4. The molecule has 0 spiro atoms. The average molecular weight is 513 g/mol. The minimum absolute atomic E-state index is 0.207. The van der Waals surface area contributed by atoms with Crippen molar-refractivity contribution in [3.63, 3.8) is 0 Å². The molecule has 0 fully saturated rings. The zero-order chi connectivity index (χ0) is 26.3. The number of nitrogens with zero attached hydrogens (tertiary/aromatic N) is 7. The largest absolute Gasteiger partial charge is 0.305 e. The summed E-state index contributed by atoms with van der Waals surface area (Å²) in [5, 5.41) is 14.7. The molecule has 1 atom stereocenters. The Balaban J connectivity index is 1.30. The van der Waals surface area contributed by atoms with E-state index >= 15 is 0 Å². The fraction of sp³-hybridized carbons (Fsp3) is 0.226. The van der Waals surface area contributed by atoms with Gasteiger partial charge in [-0.15, -0.1) is 10.2 Å². The first-order valence-corrected chi connectivity index (χ1v) is 13.4. The van der Waals surface area contributed by atoms with E-state index in [1.807, 2.05) is 30.5 Å². The van der Waals surface area contributed by atoms with Crippen molar-refractivity contribution in [3.05, 3.63) is 107 Å². The fourth-order valence-electron chi connectivity index (χ4n) is 5.92. The van der Waals surface area contributed by atoms with E-state index in [9.17, 15) is 0 Å². The molecule has 0 radical (unpaired) electrons. The molecule has 7 rings (SSSR count). The Labute approximate surface area is 226 Å². The van der Waals surface area contributed by atoms with Gasteiger partial charge >= 0.3 is 0 Å². The quantitative estimate of drug-likeness (QED) is 0.309. The Morgan fingerprint density at radius 2 is 1.82 bits per heavy atom. The van der Waals surface area contributed by atoms with Gasteiger partial charge in [-0.2, -0.15) is 5.21 Å². The second-order valence-electron chi connectivity index (χ2n) is 10.1. The first-order chi connectivity index (χ1) is 19.2. The van der Waals surface area contributed by atoms with Gasteiger partial charge in [0.1, 0.15) is 11.3 Å². The highest BCUT2D eigenvalue weighted by Crippen LogP contribution is 2.40. The number of rotatable bonds is 6. The van der Waals surface area contributed by atoms with Gasteiger partial charge in [-0.25, -0.2) is 9.97 Å². The fourth-order valence-corrected chi connectivity index (χ4v) is 5.92. The zero-order valence-corrected chi connectivity index (χ0v) is 22.0. The van der Waals surface area contributed by atoms with Crippen molar-refractivity contribution in [2.75, 3.05) is 0 Å². The molecule has 0 aliphatic heterocycles. The van der Waals surface area contributed by atoms with E-state index < -0.39 is 0 Å². The number of tetrazole rings is 1. The molecule has 0 amide bonds. The van der Waals surface area contributed by atoms with E-state index in [0.717, 1.165) is 69.9 Å². The van der Waals surface area contributed by atoms with Crippen LogP contribution in [0.2, 0.25) is 0 Å². The number of fused-ring (bicyclic) bond motifs is 2. The van der Waals surface area contributed by atoms with Gasteiger partial charge in [-0.05, 0) is 71.0 Å². The lowest BCUT2D eigenvalue weighted by Gasteiger charge is -2.18. The summed E-state index contributed by atoms with van der Waals surface area (Å²) in [4.78, 5) is 14.7. The molecule has 1 N–H and O–H groups in total. The number of pyridine rings is 2. The monoisotopic (exact) mass is 512 g/mol. The van der Waals surface area contributed by atoms with Crippen molar-refractivity contribution in [1.82, 2.24) is 40.1 Å². The van der Waals surface area contributed by atoms with Gasteiger partial charge in [0, 0.05) is 36.0 Å². The summed E-state index contributed by atoms with van der Waals surface area (Å²) >= 11 is 0. The van der Waals surface area contributed by atoms with Crippen LogP contribution in [0.25, 0.3) is 33.7 Å². The molecule has 8 heteroatoms. The van der Waals surface area contributed by atoms with Crippen molar-refractivity contribution >= 4 is 11.2 Å². The highest BCUT2D eigenvalue weighted by atomic mass is 15.5. The van der Waals surface area contributed by atoms with Gasteiger partial charge < -0.3 is 4.57 Å². The highest BCUT2D eigenvalue weighted by molar-refractivity contribution is 5.81. The first-order valence-electron chi connectivity index (χ1n) is 13.4. The number of nitrogens with one attached hydrogen (secondary N) is 1. The molecular formula is C31H28N8. The predicted molar refractivity (Wildman–Crippen MR) is 150 cm³/mol. The van der Waals surface area contributed by atoms with Crippen LogP contribution in [0.3, 0.4) is 0 Å². The number of aromatic amines is 1. The standard InChI is InChI=1S/C31H28N8/c1-3-28-34-29-19(2)16-23(18-22-8-6-7-15-32-22)33-31(29)39(28)27-14-12-21-17-20(11-13-25(21)27)24-9-4-5-10-26(24)30-35-37-38-36-30/h4-11,13,15-17,27H,3,12,14,18H2,1-2H3,(H,35,36,37,38)/t27-/m0/s1.